The maximum Gasteiger partial charge on any atom is 0.297 e. The van der Waals surface area contributed by atoms with Gasteiger partial charge in [0.25, 0.3) is 10.1 Å². The molecule has 4 saturated carbocycles. The van der Waals surface area contributed by atoms with E-state index in [4.69, 9.17) is 4.18 Å². The van der Waals surface area contributed by atoms with E-state index in [0.717, 1.165) is 37.7 Å². The Morgan fingerprint density at radius 2 is 1.71 bits per heavy atom. The van der Waals surface area contributed by atoms with E-state index in [2.05, 4.69) is 13.8 Å². The van der Waals surface area contributed by atoms with Gasteiger partial charge in [0.2, 0.25) is 0 Å². The number of carbonyl (C=O) groups is 2. The fourth-order valence-corrected chi connectivity index (χ4v) is 9.84. The topological polar surface area (TPSA) is 77.5 Å². The molecular formula is C28H38O5S. The fourth-order valence-electron chi connectivity index (χ4n) is 8.73. The van der Waals surface area contributed by atoms with Gasteiger partial charge in [0, 0.05) is 18.3 Å². The molecular weight excluding hydrogens is 448 g/mol. The average Bonchev–Trinajstić information content (AvgIpc) is 3.10. The highest BCUT2D eigenvalue weighted by Gasteiger charge is 2.63. The van der Waals surface area contributed by atoms with Crippen molar-refractivity contribution in [3.8, 4) is 0 Å². The van der Waals surface area contributed by atoms with Crippen LogP contribution in [0.2, 0.25) is 0 Å². The smallest absolute Gasteiger partial charge is 0.297 e. The second-order valence-corrected chi connectivity index (χ2v) is 13.7. The summed E-state index contributed by atoms with van der Waals surface area (Å²) in [6, 6.07) is 6.79. The van der Waals surface area contributed by atoms with Crippen molar-refractivity contribution < 1.29 is 22.2 Å². The standard InChI is InChI=1S/C28H38O5S/c1-17-5-8-21(9-6-17)34(31,32)33-20-13-14-27(3)19(15-20)7-10-22-24-12-11-23(18(2)29)28(24,4)16-25(30)26(22)27/h5-6,8-9,19-20,22-24,26H,7,10-16H2,1-4H3/t19-,20+,22-,23-,24+,26-,27-,28-/m0/s1. The maximum atomic E-state index is 13.7. The Balaban J connectivity index is 1.34. The van der Waals surface area contributed by atoms with Gasteiger partial charge >= 0.3 is 0 Å². The van der Waals surface area contributed by atoms with Gasteiger partial charge in [-0.3, -0.25) is 13.8 Å². The van der Waals surface area contributed by atoms with Gasteiger partial charge in [0.15, 0.2) is 0 Å². The van der Waals surface area contributed by atoms with Gasteiger partial charge in [-0.1, -0.05) is 31.5 Å². The first-order valence-corrected chi connectivity index (χ1v) is 14.4. The van der Waals surface area contributed by atoms with E-state index in [0.29, 0.717) is 42.8 Å². The highest BCUT2D eigenvalue weighted by atomic mass is 32.2. The molecule has 0 radical (unpaired) electrons. The molecule has 1 aromatic rings. The summed E-state index contributed by atoms with van der Waals surface area (Å²) < 4.78 is 31.5. The third-order valence-corrected chi connectivity index (χ3v) is 11.7. The normalized spacial score (nSPS) is 41.9. The first-order chi connectivity index (χ1) is 16.0. The number of hydrogen-bond donors (Lipinski definition) is 0. The monoisotopic (exact) mass is 486 g/mol. The van der Waals surface area contributed by atoms with Crippen LogP contribution in [-0.4, -0.2) is 26.1 Å². The van der Waals surface area contributed by atoms with E-state index in [9.17, 15) is 18.0 Å². The van der Waals surface area contributed by atoms with Crippen LogP contribution in [0, 0.1) is 47.3 Å². The van der Waals surface area contributed by atoms with Gasteiger partial charge in [0.05, 0.1) is 11.0 Å². The summed E-state index contributed by atoms with van der Waals surface area (Å²) in [5.41, 5.74) is 0.716. The van der Waals surface area contributed by atoms with E-state index < -0.39 is 10.1 Å². The SMILES string of the molecule is CC(=O)[C@@H]1CC[C@@H]2[C@@H]3CC[C@H]4C[C@H](OS(=O)(=O)c5ccc(C)cc5)CC[C@]4(C)[C@@H]3C(=O)C[C@]21C. The number of benzene rings is 1. The predicted octanol–water partition coefficient (Wildman–Crippen LogP) is 5.50. The minimum Gasteiger partial charge on any atom is -0.300 e. The lowest BCUT2D eigenvalue weighted by Gasteiger charge is -2.59. The molecule has 4 aliphatic rings. The Morgan fingerprint density at radius 3 is 2.38 bits per heavy atom. The molecule has 34 heavy (non-hydrogen) atoms. The first-order valence-electron chi connectivity index (χ1n) is 13.0. The second-order valence-electron chi connectivity index (χ2n) is 12.2. The minimum atomic E-state index is -3.80. The molecule has 1 aromatic carbocycles. The zero-order valence-corrected chi connectivity index (χ0v) is 21.7. The van der Waals surface area contributed by atoms with Crippen LogP contribution in [-0.2, 0) is 23.9 Å². The van der Waals surface area contributed by atoms with Crippen LogP contribution in [0.5, 0.6) is 0 Å². The number of fused-ring (bicyclic) bond motifs is 5. The Morgan fingerprint density at radius 1 is 1.00 bits per heavy atom. The Kier molecular flexibility index (Phi) is 5.87. The number of Topliss-reactive ketones (excluding diaryl/α,β-unsaturated/α-hetero) is 2. The summed E-state index contributed by atoms with van der Waals surface area (Å²) in [5, 5.41) is 0. The maximum absolute atomic E-state index is 13.7. The third-order valence-electron chi connectivity index (χ3n) is 10.4. The van der Waals surface area contributed by atoms with E-state index in [1.54, 1.807) is 31.2 Å². The molecule has 0 amide bonds. The summed E-state index contributed by atoms with van der Waals surface area (Å²) in [6.07, 6.45) is 6.33. The van der Waals surface area contributed by atoms with Gasteiger partial charge in [-0.05, 0) is 99.5 Å². The van der Waals surface area contributed by atoms with Crippen molar-refractivity contribution in [2.75, 3.05) is 0 Å². The highest BCUT2D eigenvalue weighted by molar-refractivity contribution is 7.86. The molecule has 4 aliphatic carbocycles. The summed E-state index contributed by atoms with van der Waals surface area (Å²) in [7, 11) is -3.80. The van der Waals surface area contributed by atoms with Crippen molar-refractivity contribution >= 4 is 21.7 Å². The lowest BCUT2D eigenvalue weighted by atomic mass is 9.44. The molecule has 8 atom stereocenters. The number of carbonyl (C=O) groups excluding carboxylic acids is 2. The summed E-state index contributed by atoms with van der Waals surface area (Å²) >= 11 is 0. The van der Waals surface area contributed by atoms with E-state index in [1.807, 2.05) is 6.92 Å². The molecule has 6 heteroatoms. The largest absolute Gasteiger partial charge is 0.300 e. The molecule has 4 fully saturated rings. The lowest BCUT2D eigenvalue weighted by molar-refractivity contribution is -0.161. The molecule has 0 aliphatic heterocycles. The molecule has 0 bridgehead atoms. The molecule has 0 heterocycles. The van der Waals surface area contributed by atoms with Gasteiger partial charge < -0.3 is 0 Å². The Labute approximate surface area is 204 Å². The van der Waals surface area contributed by atoms with Crippen LogP contribution in [0.3, 0.4) is 0 Å². The molecule has 5 nitrogen and oxygen atoms in total. The van der Waals surface area contributed by atoms with E-state index >= 15 is 0 Å². The van der Waals surface area contributed by atoms with Gasteiger partial charge in [0.1, 0.15) is 11.6 Å². The first kappa shape index (κ1) is 24.2. The summed E-state index contributed by atoms with van der Waals surface area (Å²) in [4.78, 5) is 26.3. The molecule has 0 aromatic heterocycles. The quantitative estimate of drug-likeness (QED) is 0.526. The lowest BCUT2D eigenvalue weighted by Crippen LogP contribution is -2.58. The second kappa shape index (κ2) is 8.26. The van der Waals surface area contributed by atoms with Crippen molar-refractivity contribution in [2.24, 2.45) is 40.4 Å². The zero-order valence-electron chi connectivity index (χ0n) is 20.9. The Hall–Kier alpha value is -1.53. The van der Waals surface area contributed by atoms with Crippen LogP contribution in [0.4, 0.5) is 0 Å². The van der Waals surface area contributed by atoms with Crippen molar-refractivity contribution in [3.63, 3.8) is 0 Å². The average molecular weight is 487 g/mol. The molecule has 186 valence electrons. The minimum absolute atomic E-state index is 0.0176. The molecule has 0 N–H and O–H groups in total. The summed E-state index contributed by atoms with van der Waals surface area (Å²) in [6.45, 7) is 8.09. The Bertz CT molecular complexity index is 1090. The van der Waals surface area contributed by atoms with Crippen molar-refractivity contribution in [3.05, 3.63) is 29.8 Å². The van der Waals surface area contributed by atoms with Crippen molar-refractivity contribution in [2.45, 2.75) is 90.1 Å². The molecule has 0 spiro atoms. The van der Waals surface area contributed by atoms with Crippen molar-refractivity contribution in [1.82, 2.24) is 0 Å². The van der Waals surface area contributed by atoms with Crippen LogP contribution >= 0.6 is 0 Å². The molecule has 0 unspecified atom stereocenters. The number of aryl methyl sites for hydroxylation is 1. The van der Waals surface area contributed by atoms with Crippen LogP contribution in [0.25, 0.3) is 0 Å². The molecule has 0 saturated heterocycles. The number of ketones is 2. The summed E-state index contributed by atoms with van der Waals surface area (Å²) in [5.74, 6) is 1.72. The predicted molar refractivity (Wildman–Crippen MR) is 130 cm³/mol. The van der Waals surface area contributed by atoms with Crippen LogP contribution < -0.4 is 0 Å². The van der Waals surface area contributed by atoms with Gasteiger partial charge in [-0.25, -0.2) is 0 Å². The van der Waals surface area contributed by atoms with E-state index in [-0.39, 0.29) is 39.4 Å². The highest BCUT2D eigenvalue weighted by Crippen LogP contribution is 2.66. The van der Waals surface area contributed by atoms with Crippen LogP contribution in [0.15, 0.2) is 29.2 Å². The number of rotatable bonds is 4. The van der Waals surface area contributed by atoms with E-state index in [1.165, 1.54) is 0 Å². The van der Waals surface area contributed by atoms with Gasteiger partial charge in [-0.15, -0.1) is 0 Å². The van der Waals surface area contributed by atoms with Gasteiger partial charge in [-0.2, -0.15) is 8.42 Å². The fraction of sp³-hybridized carbons (Fsp3) is 0.714. The third kappa shape index (κ3) is 3.71. The van der Waals surface area contributed by atoms with Crippen molar-refractivity contribution in [1.29, 1.82) is 0 Å². The molecule has 5 rings (SSSR count). The number of hydrogen-bond acceptors (Lipinski definition) is 5. The zero-order chi connectivity index (χ0) is 24.5. The van der Waals surface area contributed by atoms with Crippen LogP contribution in [0.1, 0.15) is 77.7 Å².